The average molecular weight is 450 g/mol. The number of hydrogen-bond donors (Lipinski definition) is 0. The van der Waals surface area contributed by atoms with E-state index in [1.54, 1.807) is 37.7 Å². The van der Waals surface area contributed by atoms with Crippen LogP contribution in [0.3, 0.4) is 0 Å². The van der Waals surface area contributed by atoms with Crippen LogP contribution in [-0.4, -0.2) is 21.3 Å². The molecular weight excluding hydrogens is 422 g/mol. The van der Waals surface area contributed by atoms with Crippen molar-refractivity contribution < 1.29 is 9.47 Å². The zero-order valence-electron chi connectivity index (χ0n) is 18.3. The van der Waals surface area contributed by atoms with Gasteiger partial charge in [0.1, 0.15) is 11.5 Å². The van der Waals surface area contributed by atoms with Crippen molar-refractivity contribution in [1.82, 2.24) is 0 Å². The summed E-state index contributed by atoms with van der Waals surface area (Å²) in [6.07, 6.45) is 14.2. The van der Waals surface area contributed by atoms with Crippen molar-refractivity contribution in [3.63, 3.8) is 0 Å². The molecule has 1 aliphatic heterocycles. The van der Waals surface area contributed by atoms with Crippen molar-refractivity contribution in [2.75, 3.05) is 26.2 Å². The first-order chi connectivity index (χ1) is 15.0. The van der Waals surface area contributed by atoms with Gasteiger partial charge in [-0.15, -0.1) is 0 Å². The molecule has 0 spiro atoms. The summed E-state index contributed by atoms with van der Waals surface area (Å²) in [4.78, 5) is 5.53. The van der Waals surface area contributed by atoms with E-state index in [4.69, 9.17) is 9.47 Å². The Kier molecular flexibility index (Phi) is 8.15. The summed E-state index contributed by atoms with van der Waals surface area (Å²) in [7, 11) is 5.46. The highest BCUT2D eigenvalue weighted by molar-refractivity contribution is 8.03. The third-order valence-electron chi connectivity index (χ3n) is 4.68. The van der Waals surface area contributed by atoms with Gasteiger partial charge in [0, 0.05) is 21.7 Å². The van der Waals surface area contributed by atoms with Gasteiger partial charge in [0.25, 0.3) is 0 Å². The van der Waals surface area contributed by atoms with Crippen LogP contribution in [0.15, 0.2) is 105 Å². The zero-order chi connectivity index (χ0) is 22.2. The number of fused-ring (bicyclic) bond motifs is 1. The second-order valence-corrected chi connectivity index (χ2v) is 9.06. The summed E-state index contributed by atoms with van der Waals surface area (Å²) >= 11 is 3.39. The van der Waals surface area contributed by atoms with Gasteiger partial charge in [-0.25, -0.2) is 0 Å². The van der Waals surface area contributed by atoms with Crippen molar-refractivity contribution >= 4 is 29.2 Å². The van der Waals surface area contributed by atoms with Crippen LogP contribution in [0.1, 0.15) is 5.56 Å². The molecule has 0 atom stereocenters. The summed E-state index contributed by atoms with van der Waals surface area (Å²) in [5.41, 5.74) is 2.41. The first kappa shape index (κ1) is 22.9. The highest BCUT2D eigenvalue weighted by atomic mass is 32.2. The van der Waals surface area contributed by atoms with Gasteiger partial charge in [-0.3, -0.25) is 0 Å². The standard InChI is InChI=1S/C26H27NO2S2/c1-19-13-14-21(28-4)17-24(19)30-20(2)11-9-7-6-8-10-12-26-27(3)23-16-15-22(29-5)18-25(23)31-26/h6-18H,2H2,1,3-5H3/b7-6+,10-8+,11-9+,26-12-. The van der Waals surface area contributed by atoms with Crippen LogP contribution in [0.5, 0.6) is 11.5 Å². The van der Waals surface area contributed by atoms with Gasteiger partial charge >= 0.3 is 0 Å². The molecule has 0 saturated heterocycles. The van der Waals surface area contributed by atoms with E-state index in [1.165, 1.54) is 21.2 Å². The Morgan fingerprint density at radius 3 is 2.42 bits per heavy atom. The van der Waals surface area contributed by atoms with Crippen molar-refractivity contribution in [2.45, 2.75) is 16.7 Å². The maximum absolute atomic E-state index is 5.32. The monoisotopic (exact) mass is 449 g/mol. The van der Waals surface area contributed by atoms with Crippen LogP contribution in [0, 0.1) is 6.92 Å². The molecule has 0 unspecified atom stereocenters. The van der Waals surface area contributed by atoms with Gasteiger partial charge in [-0.05, 0) is 55.0 Å². The van der Waals surface area contributed by atoms with E-state index in [0.29, 0.717) is 0 Å². The fourth-order valence-corrected chi connectivity index (χ4v) is 4.84. The van der Waals surface area contributed by atoms with E-state index in [2.05, 4.69) is 55.8 Å². The number of rotatable bonds is 8. The molecule has 1 aliphatic rings. The molecule has 2 aromatic carbocycles. The van der Waals surface area contributed by atoms with Crippen molar-refractivity contribution in [3.05, 3.63) is 101 Å². The van der Waals surface area contributed by atoms with Crippen LogP contribution in [-0.2, 0) is 0 Å². The lowest BCUT2D eigenvalue weighted by molar-refractivity contribution is 0.413. The fourth-order valence-electron chi connectivity index (χ4n) is 2.91. The third kappa shape index (κ3) is 6.12. The number of methoxy groups -OCH3 is 2. The summed E-state index contributed by atoms with van der Waals surface area (Å²) in [5, 5.41) is 1.18. The first-order valence-electron chi connectivity index (χ1n) is 9.84. The van der Waals surface area contributed by atoms with E-state index >= 15 is 0 Å². The van der Waals surface area contributed by atoms with Crippen LogP contribution >= 0.6 is 23.5 Å². The molecule has 2 aromatic rings. The number of benzene rings is 2. The van der Waals surface area contributed by atoms with E-state index in [0.717, 1.165) is 21.3 Å². The van der Waals surface area contributed by atoms with Gasteiger partial charge in [0.2, 0.25) is 0 Å². The summed E-state index contributed by atoms with van der Waals surface area (Å²) in [6, 6.07) is 12.2. The molecule has 160 valence electrons. The predicted molar refractivity (Wildman–Crippen MR) is 135 cm³/mol. The third-order valence-corrected chi connectivity index (χ3v) is 6.90. The molecule has 0 aromatic heterocycles. The molecule has 3 nitrogen and oxygen atoms in total. The second kappa shape index (κ2) is 11.0. The molecule has 3 rings (SSSR count). The quantitative estimate of drug-likeness (QED) is 0.309. The first-order valence-corrected chi connectivity index (χ1v) is 11.5. The van der Waals surface area contributed by atoms with Crippen molar-refractivity contribution in [3.8, 4) is 11.5 Å². The summed E-state index contributed by atoms with van der Waals surface area (Å²) in [5.74, 6) is 1.74. The Morgan fingerprint density at radius 1 is 0.968 bits per heavy atom. The van der Waals surface area contributed by atoms with E-state index < -0.39 is 0 Å². The Hall–Kier alpha value is -2.76. The normalized spacial score (nSPS) is 14.8. The number of thioether (sulfide) groups is 2. The van der Waals surface area contributed by atoms with Gasteiger partial charge in [0.05, 0.1) is 24.9 Å². The Bertz CT molecular complexity index is 1070. The maximum Gasteiger partial charge on any atom is 0.120 e. The second-order valence-electron chi connectivity index (χ2n) is 6.83. The minimum atomic E-state index is 0.859. The summed E-state index contributed by atoms with van der Waals surface area (Å²) < 4.78 is 10.6. The lowest BCUT2D eigenvalue weighted by atomic mass is 10.2. The Balaban J connectivity index is 1.52. The topological polar surface area (TPSA) is 21.7 Å². The fraction of sp³-hybridized carbons (Fsp3) is 0.154. The number of allylic oxidation sites excluding steroid dienone is 7. The predicted octanol–water partition coefficient (Wildman–Crippen LogP) is 7.37. The van der Waals surface area contributed by atoms with Crippen LogP contribution in [0.2, 0.25) is 0 Å². The molecule has 5 heteroatoms. The molecule has 0 N–H and O–H groups in total. The van der Waals surface area contributed by atoms with Gasteiger partial charge in [-0.1, -0.05) is 66.5 Å². The summed E-state index contributed by atoms with van der Waals surface area (Å²) in [6.45, 7) is 6.22. The SMILES string of the molecule is C=C(/C=C/C=C/C=C/C=C1\Sc2cc(OC)ccc2N1C)Sc1cc(OC)ccc1C. The van der Waals surface area contributed by atoms with Crippen molar-refractivity contribution in [2.24, 2.45) is 0 Å². The zero-order valence-corrected chi connectivity index (χ0v) is 19.9. The molecule has 31 heavy (non-hydrogen) atoms. The Morgan fingerprint density at radius 2 is 1.65 bits per heavy atom. The van der Waals surface area contributed by atoms with E-state index in [-0.39, 0.29) is 0 Å². The number of anilines is 1. The molecule has 0 aliphatic carbocycles. The Labute approximate surface area is 193 Å². The minimum absolute atomic E-state index is 0.859. The molecule has 0 bridgehead atoms. The van der Waals surface area contributed by atoms with Crippen molar-refractivity contribution in [1.29, 1.82) is 0 Å². The van der Waals surface area contributed by atoms with E-state index in [9.17, 15) is 0 Å². The minimum Gasteiger partial charge on any atom is -0.497 e. The molecule has 0 radical (unpaired) electrons. The van der Waals surface area contributed by atoms with Gasteiger partial charge in [0.15, 0.2) is 0 Å². The highest BCUT2D eigenvalue weighted by Gasteiger charge is 2.21. The van der Waals surface area contributed by atoms with Crippen LogP contribution in [0.4, 0.5) is 5.69 Å². The number of hydrogen-bond acceptors (Lipinski definition) is 5. The highest BCUT2D eigenvalue weighted by Crippen LogP contribution is 2.46. The molecule has 0 amide bonds. The number of nitrogens with zero attached hydrogens (tertiary/aromatic N) is 1. The van der Waals surface area contributed by atoms with Crippen LogP contribution < -0.4 is 14.4 Å². The lowest BCUT2D eigenvalue weighted by Gasteiger charge is -2.12. The molecular formula is C26H27NO2S2. The van der Waals surface area contributed by atoms with Gasteiger partial charge in [-0.2, -0.15) is 0 Å². The van der Waals surface area contributed by atoms with Gasteiger partial charge < -0.3 is 14.4 Å². The average Bonchev–Trinajstić information content (AvgIpc) is 3.09. The maximum atomic E-state index is 5.32. The molecule has 1 heterocycles. The largest absolute Gasteiger partial charge is 0.497 e. The number of ether oxygens (including phenoxy) is 2. The smallest absolute Gasteiger partial charge is 0.120 e. The van der Waals surface area contributed by atoms with Crippen LogP contribution in [0.25, 0.3) is 0 Å². The molecule has 0 fully saturated rings. The van der Waals surface area contributed by atoms with E-state index in [1.807, 2.05) is 48.6 Å². The number of aryl methyl sites for hydroxylation is 1. The lowest BCUT2D eigenvalue weighted by Crippen LogP contribution is -2.08. The molecule has 0 saturated carbocycles.